The van der Waals surface area contributed by atoms with Gasteiger partial charge in [0.25, 0.3) is 0 Å². The van der Waals surface area contributed by atoms with Gasteiger partial charge >= 0.3 is 0 Å². The molecule has 2 saturated heterocycles. The molecular weight excluding hydrogens is 290 g/mol. The molecule has 2 bridgehead atoms. The molecule has 2 amide bonds. The Morgan fingerprint density at radius 2 is 1.65 bits per heavy atom. The Morgan fingerprint density at radius 3 is 2.22 bits per heavy atom. The van der Waals surface area contributed by atoms with Gasteiger partial charge in [0.05, 0.1) is 0 Å². The third-order valence-corrected chi connectivity index (χ3v) is 4.97. The van der Waals surface area contributed by atoms with Gasteiger partial charge in [-0.2, -0.15) is 0 Å². The van der Waals surface area contributed by atoms with Crippen LogP contribution in [0.3, 0.4) is 0 Å². The van der Waals surface area contributed by atoms with Crippen LogP contribution in [0.4, 0.5) is 0 Å². The summed E-state index contributed by atoms with van der Waals surface area (Å²) in [5.41, 5.74) is 0. The van der Waals surface area contributed by atoms with Crippen LogP contribution < -0.4 is 10.6 Å². The largest absolute Gasteiger partial charge is 0.353 e. The molecule has 0 aromatic carbocycles. The Labute approximate surface area is 140 Å². The van der Waals surface area contributed by atoms with Gasteiger partial charge in [-0.05, 0) is 44.9 Å². The van der Waals surface area contributed by atoms with E-state index in [0.29, 0.717) is 37.4 Å². The number of carbonyl (C=O) groups is 2. The lowest BCUT2D eigenvalue weighted by atomic mass is 9.99. The molecule has 2 fully saturated rings. The summed E-state index contributed by atoms with van der Waals surface area (Å²) < 4.78 is 0. The lowest BCUT2D eigenvalue weighted by molar-refractivity contribution is -0.131. The molecule has 23 heavy (non-hydrogen) atoms. The van der Waals surface area contributed by atoms with Crippen LogP contribution in [0.5, 0.6) is 0 Å². The molecule has 0 spiro atoms. The summed E-state index contributed by atoms with van der Waals surface area (Å²) in [6.45, 7) is 5.85. The van der Waals surface area contributed by atoms with Crippen LogP contribution in [0, 0.1) is 0 Å². The second-order valence-electron chi connectivity index (χ2n) is 7.11. The molecule has 2 unspecified atom stereocenters. The Morgan fingerprint density at radius 1 is 1.04 bits per heavy atom. The number of rotatable bonds is 9. The molecule has 2 aliphatic heterocycles. The van der Waals surface area contributed by atoms with E-state index in [0.717, 1.165) is 38.8 Å². The molecule has 5 nitrogen and oxygen atoms in total. The van der Waals surface area contributed by atoms with Crippen LogP contribution >= 0.6 is 0 Å². The number of carbonyl (C=O) groups excluding carboxylic acids is 2. The predicted octanol–water partition coefficient (Wildman–Crippen LogP) is 2.20. The lowest BCUT2D eigenvalue weighted by Gasteiger charge is -2.29. The quantitative estimate of drug-likeness (QED) is 0.684. The van der Waals surface area contributed by atoms with E-state index in [2.05, 4.69) is 24.5 Å². The van der Waals surface area contributed by atoms with Crippen molar-refractivity contribution in [2.45, 2.75) is 89.8 Å². The third-order valence-electron chi connectivity index (χ3n) is 4.97. The minimum atomic E-state index is 0.113. The monoisotopic (exact) mass is 323 g/mol. The number of piperidine rings is 1. The normalized spacial score (nSPS) is 26.1. The second kappa shape index (κ2) is 9.26. The molecule has 0 saturated carbocycles. The molecule has 0 aliphatic carbocycles. The average Bonchev–Trinajstić information content (AvgIpc) is 2.85. The average molecular weight is 323 g/mol. The Kier molecular flexibility index (Phi) is 7.34. The first kappa shape index (κ1) is 18.2. The summed E-state index contributed by atoms with van der Waals surface area (Å²) in [6.07, 6.45) is 8.21. The molecule has 0 aromatic heterocycles. The molecule has 2 aliphatic rings. The summed E-state index contributed by atoms with van der Waals surface area (Å²) >= 11 is 0. The number of fused-ring (bicyclic) bond motifs is 2. The Hall–Kier alpha value is -1.10. The van der Waals surface area contributed by atoms with E-state index in [1.807, 2.05) is 4.90 Å². The fourth-order valence-electron chi connectivity index (χ4n) is 3.93. The number of nitrogens with zero attached hydrogens (tertiary/aromatic N) is 1. The third kappa shape index (κ3) is 5.79. The van der Waals surface area contributed by atoms with Crippen molar-refractivity contribution in [1.82, 2.24) is 15.5 Å². The summed E-state index contributed by atoms with van der Waals surface area (Å²) in [5, 5.41) is 6.76. The maximum atomic E-state index is 12.2. The maximum absolute atomic E-state index is 12.2. The fourth-order valence-corrected chi connectivity index (χ4v) is 3.93. The van der Waals surface area contributed by atoms with Crippen LogP contribution in [0.15, 0.2) is 0 Å². The highest BCUT2D eigenvalue weighted by Crippen LogP contribution is 2.26. The summed E-state index contributed by atoms with van der Waals surface area (Å²) in [5.74, 6) is 0.308. The van der Waals surface area contributed by atoms with E-state index in [1.54, 1.807) is 0 Å². The molecule has 5 heteroatoms. The summed E-state index contributed by atoms with van der Waals surface area (Å²) in [6, 6.07) is 1.52. The van der Waals surface area contributed by atoms with Crippen LogP contribution in [0.1, 0.15) is 71.6 Å². The molecular formula is C18H33N3O2. The van der Waals surface area contributed by atoms with Gasteiger partial charge in [-0.15, -0.1) is 0 Å². The van der Waals surface area contributed by atoms with Gasteiger partial charge in [0.1, 0.15) is 0 Å². The smallest absolute Gasteiger partial charge is 0.222 e. The van der Waals surface area contributed by atoms with Gasteiger partial charge in [-0.1, -0.05) is 13.8 Å². The SMILES string of the molecule is CCCN(CCC)C(=O)CCCC(=O)NC1CC2CCC(C1)N2. The van der Waals surface area contributed by atoms with Crippen LogP contribution in [0.25, 0.3) is 0 Å². The first-order valence-electron chi connectivity index (χ1n) is 9.45. The number of nitrogens with one attached hydrogen (secondary N) is 2. The van der Waals surface area contributed by atoms with Gasteiger partial charge in [-0.3, -0.25) is 9.59 Å². The van der Waals surface area contributed by atoms with E-state index in [-0.39, 0.29) is 11.8 Å². The van der Waals surface area contributed by atoms with E-state index in [9.17, 15) is 9.59 Å². The zero-order valence-corrected chi connectivity index (χ0v) is 14.8. The molecule has 2 heterocycles. The lowest BCUT2D eigenvalue weighted by Crippen LogP contribution is -2.48. The maximum Gasteiger partial charge on any atom is 0.222 e. The van der Waals surface area contributed by atoms with Crippen molar-refractivity contribution in [3.05, 3.63) is 0 Å². The minimum Gasteiger partial charge on any atom is -0.353 e. The molecule has 132 valence electrons. The number of amides is 2. The second-order valence-corrected chi connectivity index (χ2v) is 7.11. The van der Waals surface area contributed by atoms with E-state index in [4.69, 9.17) is 0 Å². The van der Waals surface area contributed by atoms with Crippen molar-refractivity contribution in [3.63, 3.8) is 0 Å². The van der Waals surface area contributed by atoms with Gasteiger partial charge in [-0.25, -0.2) is 0 Å². The van der Waals surface area contributed by atoms with Crippen molar-refractivity contribution in [1.29, 1.82) is 0 Å². The van der Waals surface area contributed by atoms with Gasteiger partial charge in [0.2, 0.25) is 11.8 Å². The van der Waals surface area contributed by atoms with E-state index < -0.39 is 0 Å². The van der Waals surface area contributed by atoms with E-state index in [1.165, 1.54) is 12.8 Å². The number of hydrogen-bond donors (Lipinski definition) is 2. The highest BCUT2D eigenvalue weighted by Gasteiger charge is 2.33. The van der Waals surface area contributed by atoms with E-state index >= 15 is 0 Å². The summed E-state index contributed by atoms with van der Waals surface area (Å²) in [7, 11) is 0. The molecule has 2 N–H and O–H groups in total. The van der Waals surface area contributed by atoms with Crippen molar-refractivity contribution >= 4 is 11.8 Å². The Bertz CT molecular complexity index is 382. The van der Waals surface area contributed by atoms with Crippen molar-refractivity contribution in [2.75, 3.05) is 13.1 Å². The van der Waals surface area contributed by atoms with Crippen molar-refractivity contribution in [2.24, 2.45) is 0 Å². The molecule has 0 aromatic rings. The number of hydrogen-bond acceptors (Lipinski definition) is 3. The molecule has 2 atom stereocenters. The first-order chi connectivity index (χ1) is 11.1. The van der Waals surface area contributed by atoms with Crippen LogP contribution in [-0.2, 0) is 9.59 Å². The zero-order chi connectivity index (χ0) is 16.7. The van der Waals surface area contributed by atoms with Gasteiger partial charge in [0.15, 0.2) is 0 Å². The standard InChI is InChI=1S/C18H33N3O2/c1-3-10-21(11-4-2)18(23)7-5-6-17(22)20-16-12-14-8-9-15(13-16)19-14/h14-16,19H,3-13H2,1-2H3,(H,20,22). The summed E-state index contributed by atoms with van der Waals surface area (Å²) in [4.78, 5) is 26.2. The van der Waals surface area contributed by atoms with Crippen molar-refractivity contribution < 1.29 is 9.59 Å². The zero-order valence-electron chi connectivity index (χ0n) is 14.8. The predicted molar refractivity (Wildman–Crippen MR) is 92.1 cm³/mol. The van der Waals surface area contributed by atoms with Gasteiger partial charge in [0, 0.05) is 44.1 Å². The topological polar surface area (TPSA) is 61.4 Å². The highest BCUT2D eigenvalue weighted by atomic mass is 16.2. The van der Waals surface area contributed by atoms with Crippen LogP contribution in [0.2, 0.25) is 0 Å². The molecule has 2 rings (SSSR count). The fraction of sp³-hybridized carbons (Fsp3) is 0.889. The first-order valence-corrected chi connectivity index (χ1v) is 9.45. The van der Waals surface area contributed by atoms with Gasteiger partial charge < -0.3 is 15.5 Å². The van der Waals surface area contributed by atoms with Crippen molar-refractivity contribution in [3.8, 4) is 0 Å². The molecule has 0 radical (unpaired) electrons. The minimum absolute atomic E-state index is 0.113. The Balaban J connectivity index is 1.63. The van der Waals surface area contributed by atoms with Crippen LogP contribution in [-0.4, -0.2) is 47.9 Å². The highest BCUT2D eigenvalue weighted by molar-refractivity contribution is 5.79.